The molecule has 0 saturated carbocycles. The molecule has 0 spiro atoms. The van der Waals surface area contributed by atoms with Gasteiger partial charge in [0, 0.05) is 11.3 Å². The molecule has 0 atom stereocenters. The SMILES string of the molecule is COc1ccc2c(-c3ccc(F)cc3)c(C(C)C)[nH]c(=O)c2c1. The summed E-state index contributed by atoms with van der Waals surface area (Å²) < 4.78 is 18.5. The Morgan fingerprint density at radius 1 is 1.04 bits per heavy atom. The van der Waals surface area contributed by atoms with Gasteiger partial charge < -0.3 is 9.72 Å². The van der Waals surface area contributed by atoms with Gasteiger partial charge >= 0.3 is 0 Å². The van der Waals surface area contributed by atoms with E-state index < -0.39 is 0 Å². The maximum atomic E-state index is 13.3. The lowest BCUT2D eigenvalue weighted by atomic mass is 9.93. The molecule has 0 saturated heterocycles. The Morgan fingerprint density at radius 2 is 1.74 bits per heavy atom. The largest absolute Gasteiger partial charge is 0.497 e. The van der Waals surface area contributed by atoms with E-state index in [0.717, 1.165) is 22.2 Å². The van der Waals surface area contributed by atoms with Crippen molar-refractivity contribution in [2.45, 2.75) is 19.8 Å². The zero-order valence-corrected chi connectivity index (χ0v) is 13.3. The van der Waals surface area contributed by atoms with E-state index >= 15 is 0 Å². The van der Waals surface area contributed by atoms with Crippen LogP contribution in [-0.4, -0.2) is 12.1 Å². The Morgan fingerprint density at radius 3 is 2.35 bits per heavy atom. The molecule has 0 unspecified atom stereocenters. The van der Waals surface area contributed by atoms with E-state index in [2.05, 4.69) is 4.98 Å². The predicted octanol–water partition coefficient (Wildman–Crippen LogP) is 4.47. The van der Waals surface area contributed by atoms with Crippen molar-refractivity contribution in [1.29, 1.82) is 0 Å². The van der Waals surface area contributed by atoms with E-state index in [-0.39, 0.29) is 17.3 Å². The molecule has 1 heterocycles. The van der Waals surface area contributed by atoms with Crippen LogP contribution in [0, 0.1) is 5.82 Å². The Bertz CT molecular complexity index is 911. The van der Waals surface area contributed by atoms with Crippen LogP contribution in [0.25, 0.3) is 21.9 Å². The Balaban J connectivity index is 2.41. The number of H-pyrrole nitrogens is 1. The fraction of sp³-hybridized carbons (Fsp3) is 0.211. The van der Waals surface area contributed by atoms with E-state index in [0.29, 0.717) is 11.1 Å². The number of nitrogens with one attached hydrogen (secondary N) is 1. The monoisotopic (exact) mass is 311 g/mol. The molecule has 0 aliphatic carbocycles. The van der Waals surface area contributed by atoms with Crippen LogP contribution >= 0.6 is 0 Å². The number of halogens is 1. The van der Waals surface area contributed by atoms with Gasteiger partial charge in [0.15, 0.2) is 0 Å². The third-order valence-electron chi connectivity index (χ3n) is 3.97. The highest BCUT2D eigenvalue weighted by molar-refractivity contribution is 5.98. The zero-order chi connectivity index (χ0) is 16.6. The Hall–Kier alpha value is -2.62. The second kappa shape index (κ2) is 5.88. The molecule has 0 amide bonds. The quantitative estimate of drug-likeness (QED) is 0.775. The third kappa shape index (κ3) is 2.72. The zero-order valence-electron chi connectivity index (χ0n) is 13.3. The van der Waals surface area contributed by atoms with Crippen molar-refractivity contribution in [3.8, 4) is 16.9 Å². The number of hydrogen-bond donors (Lipinski definition) is 1. The van der Waals surface area contributed by atoms with Crippen LogP contribution in [0.5, 0.6) is 5.75 Å². The van der Waals surface area contributed by atoms with E-state index in [1.165, 1.54) is 12.1 Å². The lowest BCUT2D eigenvalue weighted by Crippen LogP contribution is -2.12. The second-order valence-electron chi connectivity index (χ2n) is 5.82. The summed E-state index contributed by atoms with van der Waals surface area (Å²) in [5, 5.41) is 1.40. The number of hydrogen-bond acceptors (Lipinski definition) is 2. The number of ether oxygens (including phenoxy) is 1. The first-order chi connectivity index (χ1) is 11.0. The first kappa shape index (κ1) is 15.3. The molecule has 0 aliphatic heterocycles. The number of pyridine rings is 1. The molecule has 2 aromatic carbocycles. The normalized spacial score (nSPS) is 11.2. The number of fused-ring (bicyclic) bond motifs is 1. The van der Waals surface area contributed by atoms with E-state index in [1.54, 1.807) is 25.3 Å². The number of aromatic amines is 1. The van der Waals surface area contributed by atoms with Crippen LogP contribution in [0.1, 0.15) is 25.5 Å². The van der Waals surface area contributed by atoms with Crippen molar-refractivity contribution in [3.05, 3.63) is 64.3 Å². The highest BCUT2D eigenvalue weighted by Crippen LogP contribution is 2.34. The highest BCUT2D eigenvalue weighted by atomic mass is 19.1. The van der Waals surface area contributed by atoms with Gasteiger partial charge in [-0.1, -0.05) is 26.0 Å². The molecule has 23 heavy (non-hydrogen) atoms. The van der Waals surface area contributed by atoms with Gasteiger partial charge in [0.1, 0.15) is 11.6 Å². The van der Waals surface area contributed by atoms with Gasteiger partial charge in [0.2, 0.25) is 0 Å². The molecule has 0 fully saturated rings. The van der Waals surface area contributed by atoms with Gasteiger partial charge in [-0.15, -0.1) is 0 Å². The average molecular weight is 311 g/mol. The Kier molecular flexibility index (Phi) is 3.90. The summed E-state index contributed by atoms with van der Waals surface area (Å²) in [6.45, 7) is 4.04. The molecular formula is C19H18FNO2. The highest BCUT2D eigenvalue weighted by Gasteiger charge is 2.16. The molecular weight excluding hydrogens is 293 g/mol. The van der Waals surface area contributed by atoms with Crippen molar-refractivity contribution in [2.75, 3.05) is 7.11 Å². The van der Waals surface area contributed by atoms with Crippen LogP contribution in [0.15, 0.2) is 47.3 Å². The van der Waals surface area contributed by atoms with Crippen molar-refractivity contribution in [2.24, 2.45) is 0 Å². The maximum Gasteiger partial charge on any atom is 0.256 e. The van der Waals surface area contributed by atoms with Crippen molar-refractivity contribution >= 4 is 10.8 Å². The molecule has 0 aliphatic rings. The van der Waals surface area contributed by atoms with Gasteiger partial charge in [0.05, 0.1) is 12.5 Å². The van der Waals surface area contributed by atoms with E-state index in [4.69, 9.17) is 4.74 Å². The summed E-state index contributed by atoms with van der Waals surface area (Å²) in [6, 6.07) is 11.8. The summed E-state index contributed by atoms with van der Waals surface area (Å²) in [4.78, 5) is 15.4. The summed E-state index contributed by atoms with van der Waals surface area (Å²) in [7, 11) is 1.57. The topological polar surface area (TPSA) is 42.1 Å². The van der Waals surface area contributed by atoms with Gasteiger partial charge in [-0.3, -0.25) is 4.79 Å². The Labute approximate surface area is 133 Å². The van der Waals surface area contributed by atoms with Gasteiger partial charge in [-0.25, -0.2) is 4.39 Å². The van der Waals surface area contributed by atoms with Crippen molar-refractivity contribution < 1.29 is 9.13 Å². The standard InChI is InChI=1S/C19H18FNO2/c1-11(2)18-17(12-4-6-13(20)7-5-12)15-9-8-14(23-3)10-16(15)19(22)21-18/h4-11H,1-3H3,(H,21,22). The van der Waals surface area contributed by atoms with Gasteiger partial charge in [0.25, 0.3) is 5.56 Å². The summed E-state index contributed by atoms with van der Waals surface area (Å²) in [5.41, 5.74) is 2.51. The van der Waals surface area contributed by atoms with Crippen molar-refractivity contribution in [3.63, 3.8) is 0 Å². The molecule has 3 nitrogen and oxygen atoms in total. The van der Waals surface area contributed by atoms with E-state index in [9.17, 15) is 9.18 Å². The van der Waals surface area contributed by atoms with Crippen LogP contribution in [0.3, 0.4) is 0 Å². The lowest BCUT2D eigenvalue weighted by molar-refractivity contribution is 0.415. The molecule has 118 valence electrons. The molecule has 4 heteroatoms. The lowest BCUT2D eigenvalue weighted by Gasteiger charge is -2.16. The minimum absolute atomic E-state index is 0.134. The van der Waals surface area contributed by atoms with Crippen LogP contribution < -0.4 is 10.3 Å². The number of methoxy groups -OCH3 is 1. The number of aromatic nitrogens is 1. The first-order valence-corrected chi connectivity index (χ1v) is 7.51. The predicted molar refractivity (Wildman–Crippen MR) is 90.6 cm³/mol. The molecule has 0 radical (unpaired) electrons. The summed E-state index contributed by atoms with van der Waals surface area (Å²) in [6.07, 6.45) is 0. The molecule has 3 rings (SSSR count). The number of benzene rings is 2. The smallest absolute Gasteiger partial charge is 0.256 e. The van der Waals surface area contributed by atoms with Crippen LogP contribution in [0.4, 0.5) is 4.39 Å². The molecule has 1 aromatic heterocycles. The average Bonchev–Trinajstić information content (AvgIpc) is 2.55. The minimum atomic E-state index is -0.282. The fourth-order valence-electron chi connectivity index (χ4n) is 2.81. The molecule has 0 bridgehead atoms. The minimum Gasteiger partial charge on any atom is -0.497 e. The van der Waals surface area contributed by atoms with Crippen molar-refractivity contribution in [1.82, 2.24) is 4.98 Å². The van der Waals surface area contributed by atoms with Gasteiger partial charge in [-0.05, 0) is 47.2 Å². The maximum absolute atomic E-state index is 13.3. The van der Waals surface area contributed by atoms with Gasteiger partial charge in [-0.2, -0.15) is 0 Å². The summed E-state index contributed by atoms with van der Waals surface area (Å²) >= 11 is 0. The number of rotatable bonds is 3. The summed E-state index contributed by atoms with van der Waals surface area (Å²) in [5.74, 6) is 0.481. The van der Waals surface area contributed by atoms with E-state index in [1.807, 2.05) is 26.0 Å². The third-order valence-corrected chi connectivity index (χ3v) is 3.97. The second-order valence-corrected chi connectivity index (χ2v) is 5.82. The molecule has 1 N–H and O–H groups in total. The first-order valence-electron chi connectivity index (χ1n) is 7.51. The van der Waals surface area contributed by atoms with Crippen LogP contribution in [0.2, 0.25) is 0 Å². The fourth-order valence-corrected chi connectivity index (χ4v) is 2.81. The van der Waals surface area contributed by atoms with Crippen LogP contribution in [-0.2, 0) is 0 Å². The molecule has 3 aromatic rings.